The number of nitrogens with zero attached hydrogens (tertiary/aromatic N) is 3. The summed E-state index contributed by atoms with van der Waals surface area (Å²) in [5.41, 5.74) is 1.74. The van der Waals surface area contributed by atoms with Crippen LogP contribution < -0.4 is 0 Å². The van der Waals surface area contributed by atoms with Crippen molar-refractivity contribution in [3.05, 3.63) is 36.5 Å². The number of hydrogen-bond acceptors (Lipinski definition) is 6. The summed E-state index contributed by atoms with van der Waals surface area (Å²) in [7, 11) is 0. The van der Waals surface area contributed by atoms with Crippen LogP contribution in [0.2, 0.25) is 0 Å². The second kappa shape index (κ2) is 13.4. The second-order valence-electron chi connectivity index (χ2n) is 24.0. The maximum absolute atomic E-state index is 15.7. The third-order valence-electron chi connectivity index (χ3n) is 21.2. The highest BCUT2D eigenvalue weighted by Crippen LogP contribution is 2.79. The second-order valence-corrected chi connectivity index (χ2v) is 24.0. The van der Waals surface area contributed by atoms with E-state index in [1.807, 2.05) is 32.3 Å². The smallest absolute Gasteiger partial charge is 0.309 e. The first-order valence-corrected chi connectivity index (χ1v) is 24.0. The fraction of sp³-hybridized carbons (Fsp3) is 0.784. The summed E-state index contributed by atoms with van der Waals surface area (Å²) in [5, 5.41) is 9.72. The largest absolute Gasteiger partial charge is 0.481 e. The molecule has 9 nitrogen and oxygen atoms in total. The molecule has 8 aliphatic rings. The molecule has 0 unspecified atom stereocenters. The minimum atomic E-state index is -0.812. The van der Waals surface area contributed by atoms with E-state index in [4.69, 9.17) is 9.72 Å². The number of carboxylic acid groups (broad SMARTS) is 1. The highest BCUT2D eigenvalue weighted by Gasteiger charge is 2.74. The van der Waals surface area contributed by atoms with Gasteiger partial charge in [0, 0.05) is 29.9 Å². The van der Waals surface area contributed by atoms with Gasteiger partial charge in [0.15, 0.2) is 0 Å². The number of rotatable bonds is 7. The zero-order chi connectivity index (χ0) is 42.4. The minimum Gasteiger partial charge on any atom is -0.481 e. The van der Waals surface area contributed by atoms with Gasteiger partial charge in [-0.05, 0) is 165 Å². The van der Waals surface area contributed by atoms with Gasteiger partial charge in [0.05, 0.1) is 35.2 Å². The van der Waals surface area contributed by atoms with Gasteiger partial charge in [0.1, 0.15) is 11.9 Å². The van der Waals surface area contributed by atoms with Gasteiger partial charge in [-0.3, -0.25) is 19.4 Å². The molecule has 0 spiro atoms. The molecular formula is C51H72N4O5. The predicted octanol–water partition coefficient (Wildman–Crippen LogP) is 10.7. The molecule has 3 heterocycles. The van der Waals surface area contributed by atoms with Gasteiger partial charge >= 0.3 is 11.9 Å². The van der Waals surface area contributed by atoms with E-state index < -0.39 is 17.3 Å². The number of ether oxygens (including phenoxy) is 1. The van der Waals surface area contributed by atoms with Gasteiger partial charge in [-0.1, -0.05) is 55.4 Å². The molecule has 7 saturated carbocycles. The highest BCUT2D eigenvalue weighted by molar-refractivity contribution is 5.85. The molecular weight excluding hydrogens is 749 g/mol. The molecule has 2 aromatic heterocycles. The molecule has 0 radical (unpaired) electrons. The van der Waals surface area contributed by atoms with Crippen LogP contribution in [0, 0.1) is 79.3 Å². The van der Waals surface area contributed by atoms with Crippen LogP contribution in [0.3, 0.4) is 0 Å². The van der Waals surface area contributed by atoms with Crippen LogP contribution in [-0.4, -0.2) is 55.5 Å². The number of carbonyl (C=O) groups excluding carboxylic acids is 2. The number of esters is 1. The number of fused-ring (bicyclic) bond motifs is 7. The van der Waals surface area contributed by atoms with Crippen molar-refractivity contribution in [2.24, 2.45) is 79.3 Å². The Labute approximate surface area is 358 Å². The molecule has 2 aromatic rings. The quantitative estimate of drug-likeness (QED) is 0.266. The molecule has 9 heteroatoms. The van der Waals surface area contributed by atoms with Crippen molar-refractivity contribution in [1.29, 1.82) is 0 Å². The number of aliphatic carboxylic acids is 1. The lowest BCUT2D eigenvalue weighted by atomic mass is 9.32. The Hall–Kier alpha value is -3.23. The third-order valence-corrected chi connectivity index (χ3v) is 21.2. The molecule has 1 saturated heterocycles. The van der Waals surface area contributed by atoms with E-state index in [2.05, 4.69) is 62.5 Å². The van der Waals surface area contributed by atoms with Gasteiger partial charge in [-0.25, -0.2) is 4.98 Å². The van der Waals surface area contributed by atoms with E-state index in [-0.39, 0.29) is 51.1 Å². The maximum atomic E-state index is 15.7. The first kappa shape index (κ1) is 40.8. The van der Waals surface area contributed by atoms with Crippen LogP contribution in [0.5, 0.6) is 0 Å². The van der Waals surface area contributed by atoms with Crippen molar-refractivity contribution >= 4 is 17.8 Å². The Bertz CT molecular complexity index is 2060. The standard InChI is InChI=1S/C51H72N4O5/c1-45(2)33(42(56)57)27-34(45)43(58)60-39-17-18-48(6)37(46(39,3)4)16-19-50(8)38(48)14-13-32-40-31(47(5)21-22-47)15-20-51(40,24-23-49(32,50)7)44(59)55-26-10-12-36(55)41-53-29-35(54-41)30-11-9-25-52-28-30/h9,11,25,28-29,31-34,36-40H,10,12-24,26-27H2,1-8H3,(H,53,54)(H,56,57)/t31-,32-,33+,34-,36+,37+,38-,39+,40-,48+,49-,50-,51+/m1/s1. The summed E-state index contributed by atoms with van der Waals surface area (Å²) in [6.45, 7) is 19.9. The number of nitrogens with one attached hydrogen (secondary N) is 1. The zero-order valence-corrected chi connectivity index (χ0v) is 37.8. The van der Waals surface area contributed by atoms with E-state index in [0.717, 1.165) is 75.0 Å². The monoisotopic (exact) mass is 821 g/mol. The molecule has 13 atom stereocenters. The highest BCUT2D eigenvalue weighted by atomic mass is 16.5. The number of likely N-dealkylation sites (tertiary alicyclic amines) is 1. The Morgan fingerprint density at radius 1 is 0.783 bits per heavy atom. The average Bonchev–Trinajstić information content (AvgIpc) is 3.59. The van der Waals surface area contributed by atoms with Crippen molar-refractivity contribution in [2.45, 2.75) is 164 Å². The summed E-state index contributed by atoms with van der Waals surface area (Å²) >= 11 is 0. The lowest BCUT2D eigenvalue weighted by Gasteiger charge is -2.73. The molecule has 8 fully saturated rings. The Kier molecular flexibility index (Phi) is 9.11. The Morgan fingerprint density at radius 3 is 2.27 bits per heavy atom. The van der Waals surface area contributed by atoms with Gasteiger partial charge in [0.2, 0.25) is 5.91 Å². The number of amides is 1. The van der Waals surface area contributed by atoms with E-state index in [0.29, 0.717) is 47.3 Å². The van der Waals surface area contributed by atoms with Crippen LogP contribution >= 0.6 is 0 Å². The van der Waals surface area contributed by atoms with Crippen LogP contribution in [-0.2, 0) is 19.1 Å². The van der Waals surface area contributed by atoms with Gasteiger partial charge in [-0.15, -0.1) is 0 Å². The van der Waals surface area contributed by atoms with Crippen molar-refractivity contribution in [3.63, 3.8) is 0 Å². The molecule has 326 valence electrons. The first-order chi connectivity index (χ1) is 28.3. The summed E-state index contributed by atoms with van der Waals surface area (Å²) in [5.74, 6) is 2.08. The van der Waals surface area contributed by atoms with Crippen LogP contribution in [0.25, 0.3) is 11.3 Å². The number of aromatic amines is 1. The van der Waals surface area contributed by atoms with Crippen LogP contribution in [0.4, 0.5) is 0 Å². The molecule has 0 aromatic carbocycles. The fourth-order valence-corrected chi connectivity index (χ4v) is 17.2. The maximum Gasteiger partial charge on any atom is 0.309 e. The fourth-order valence-electron chi connectivity index (χ4n) is 17.2. The predicted molar refractivity (Wildman–Crippen MR) is 230 cm³/mol. The summed E-state index contributed by atoms with van der Waals surface area (Å²) in [6.07, 6.45) is 21.4. The average molecular weight is 821 g/mol. The van der Waals surface area contributed by atoms with E-state index in [1.165, 1.54) is 38.5 Å². The van der Waals surface area contributed by atoms with Gasteiger partial charge in [0.25, 0.3) is 0 Å². The van der Waals surface area contributed by atoms with E-state index in [9.17, 15) is 14.7 Å². The number of pyridine rings is 1. The number of hydrogen-bond donors (Lipinski definition) is 2. The molecule has 60 heavy (non-hydrogen) atoms. The summed E-state index contributed by atoms with van der Waals surface area (Å²) < 4.78 is 6.49. The van der Waals surface area contributed by atoms with Crippen molar-refractivity contribution < 1.29 is 24.2 Å². The number of H-pyrrole nitrogens is 1. The molecule has 0 bridgehead atoms. The topological polar surface area (TPSA) is 125 Å². The number of carbonyl (C=O) groups is 3. The van der Waals surface area contributed by atoms with Gasteiger partial charge in [-0.2, -0.15) is 0 Å². The van der Waals surface area contributed by atoms with E-state index in [1.54, 1.807) is 6.20 Å². The molecule has 1 amide bonds. The number of imidazole rings is 1. The van der Waals surface area contributed by atoms with Gasteiger partial charge < -0.3 is 19.7 Å². The van der Waals surface area contributed by atoms with Crippen molar-refractivity contribution in [1.82, 2.24) is 19.9 Å². The molecule has 7 aliphatic carbocycles. The lowest BCUT2D eigenvalue weighted by Crippen LogP contribution is -2.67. The number of aromatic nitrogens is 3. The Balaban J connectivity index is 0.915. The molecule has 1 aliphatic heterocycles. The normalized spacial score (nSPS) is 44.3. The van der Waals surface area contributed by atoms with Crippen LogP contribution in [0.1, 0.15) is 164 Å². The number of carboxylic acids is 1. The lowest BCUT2D eigenvalue weighted by molar-refractivity contribution is -0.253. The Morgan fingerprint density at radius 2 is 1.57 bits per heavy atom. The summed E-state index contributed by atoms with van der Waals surface area (Å²) in [4.78, 5) is 56.4. The summed E-state index contributed by atoms with van der Waals surface area (Å²) in [6, 6.07) is 4.01. The minimum absolute atomic E-state index is 0.00933. The van der Waals surface area contributed by atoms with Crippen molar-refractivity contribution in [3.8, 4) is 11.3 Å². The SMILES string of the molecule is CC1([C@@H]2CC[C@]3(C(=O)N4CCC[C@H]4c4ncc(-c5cccnc5)[nH]4)CC[C@]4(C)[C@H](CC[C@@H]5[C@@]6(C)CC[C@H](OC(=O)[C@H]7C[C@@H](C(=O)O)C7(C)C)C(C)(C)[C@@H]6CC[C@]54C)[C@@H]23)CC1. The van der Waals surface area contributed by atoms with Crippen LogP contribution in [0.15, 0.2) is 30.7 Å². The van der Waals surface area contributed by atoms with Crippen molar-refractivity contribution in [2.75, 3.05) is 6.54 Å². The van der Waals surface area contributed by atoms with E-state index >= 15 is 4.79 Å². The first-order valence-electron chi connectivity index (χ1n) is 24.0. The zero-order valence-electron chi connectivity index (χ0n) is 37.8. The molecule has 10 rings (SSSR count). The molecule has 2 N–H and O–H groups in total. The third kappa shape index (κ3) is 5.49.